The summed E-state index contributed by atoms with van der Waals surface area (Å²) in [7, 11) is -3.47. The Hall–Kier alpha value is -0.900. The van der Waals surface area contributed by atoms with Crippen LogP contribution in [0.5, 0.6) is 0 Å². The average Bonchev–Trinajstić information content (AvgIpc) is 3.08. The molecule has 0 bridgehead atoms. The fourth-order valence-electron chi connectivity index (χ4n) is 3.83. The second kappa shape index (κ2) is 11.5. The Balaban J connectivity index is 0.00000210. The fourth-order valence-corrected chi connectivity index (χ4v) is 4.85. The number of hydrogen-bond donors (Lipinski definition) is 2. The SMILES string of the molecule is Cc1ccc(S(=O)(=O)NCCN2CCN(C(=O)C3CCC(N)C3)CC2)cc1.Cl.Cl. The number of sulfonamides is 1. The van der Waals surface area contributed by atoms with Gasteiger partial charge < -0.3 is 10.6 Å². The number of benzene rings is 1. The molecule has 0 radical (unpaired) electrons. The molecule has 1 saturated carbocycles. The van der Waals surface area contributed by atoms with Crippen LogP contribution in [0.15, 0.2) is 29.2 Å². The minimum absolute atomic E-state index is 0. The lowest BCUT2D eigenvalue weighted by Crippen LogP contribution is -2.51. The third kappa shape index (κ3) is 7.08. The molecule has 29 heavy (non-hydrogen) atoms. The number of hydrogen-bond acceptors (Lipinski definition) is 5. The summed E-state index contributed by atoms with van der Waals surface area (Å²) in [4.78, 5) is 17.0. The Kier molecular flexibility index (Phi) is 10.3. The molecule has 10 heteroatoms. The van der Waals surface area contributed by atoms with Gasteiger partial charge in [-0.25, -0.2) is 13.1 Å². The summed E-state index contributed by atoms with van der Waals surface area (Å²) in [5.41, 5.74) is 6.95. The van der Waals surface area contributed by atoms with Crippen LogP contribution in [-0.2, 0) is 14.8 Å². The predicted octanol–water partition coefficient (Wildman–Crippen LogP) is 1.39. The van der Waals surface area contributed by atoms with Crippen molar-refractivity contribution < 1.29 is 13.2 Å². The number of nitrogens with zero attached hydrogens (tertiary/aromatic N) is 2. The zero-order chi connectivity index (χ0) is 19.4. The molecule has 1 saturated heterocycles. The molecule has 2 unspecified atom stereocenters. The van der Waals surface area contributed by atoms with E-state index in [0.717, 1.165) is 37.9 Å². The number of halogens is 2. The van der Waals surface area contributed by atoms with Gasteiger partial charge in [-0.3, -0.25) is 9.69 Å². The molecule has 0 aromatic heterocycles. The normalized spacial score (nSPS) is 22.6. The Labute approximate surface area is 186 Å². The fraction of sp³-hybridized carbons (Fsp3) is 0.632. The van der Waals surface area contributed by atoms with Gasteiger partial charge in [0.25, 0.3) is 0 Å². The smallest absolute Gasteiger partial charge is 0.240 e. The van der Waals surface area contributed by atoms with E-state index in [2.05, 4.69) is 9.62 Å². The first-order chi connectivity index (χ1) is 12.8. The number of aryl methyl sites for hydroxylation is 1. The van der Waals surface area contributed by atoms with Crippen molar-refractivity contribution in [3.05, 3.63) is 29.8 Å². The summed E-state index contributed by atoms with van der Waals surface area (Å²) in [6.45, 7) is 5.89. The van der Waals surface area contributed by atoms with Gasteiger partial charge in [0.1, 0.15) is 0 Å². The summed E-state index contributed by atoms with van der Waals surface area (Å²) in [6, 6.07) is 7.00. The molecule has 7 nitrogen and oxygen atoms in total. The van der Waals surface area contributed by atoms with E-state index >= 15 is 0 Å². The van der Waals surface area contributed by atoms with Crippen molar-refractivity contribution in [3.63, 3.8) is 0 Å². The van der Waals surface area contributed by atoms with Crippen LogP contribution in [0, 0.1) is 12.8 Å². The van der Waals surface area contributed by atoms with Crippen LogP contribution >= 0.6 is 24.8 Å². The Morgan fingerprint density at radius 1 is 1.10 bits per heavy atom. The number of carbonyl (C=O) groups excluding carboxylic acids is 1. The van der Waals surface area contributed by atoms with E-state index in [0.29, 0.717) is 31.1 Å². The highest BCUT2D eigenvalue weighted by Crippen LogP contribution is 2.26. The maximum atomic E-state index is 12.5. The summed E-state index contributed by atoms with van der Waals surface area (Å²) >= 11 is 0. The van der Waals surface area contributed by atoms with Crippen LogP contribution in [0.2, 0.25) is 0 Å². The van der Waals surface area contributed by atoms with Crippen LogP contribution in [0.25, 0.3) is 0 Å². The number of nitrogens with two attached hydrogens (primary N) is 1. The number of rotatable bonds is 6. The highest BCUT2D eigenvalue weighted by atomic mass is 35.5. The van der Waals surface area contributed by atoms with Crippen molar-refractivity contribution in [1.82, 2.24) is 14.5 Å². The largest absolute Gasteiger partial charge is 0.340 e. The van der Waals surface area contributed by atoms with Crippen molar-refractivity contribution in [2.75, 3.05) is 39.3 Å². The molecule has 3 rings (SSSR count). The molecule has 2 fully saturated rings. The molecule has 0 spiro atoms. The van der Waals surface area contributed by atoms with Crippen molar-refractivity contribution in [2.45, 2.75) is 37.1 Å². The van der Waals surface area contributed by atoms with Gasteiger partial charge in [-0.15, -0.1) is 24.8 Å². The second-order valence-corrected chi connectivity index (χ2v) is 9.41. The minimum atomic E-state index is -3.47. The number of carbonyl (C=O) groups is 1. The van der Waals surface area contributed by atoms with Crippen molar-refractivity contribution in [2.24, 2.45) is 11.7 Å². The minimum Gasteiger partial charge on any atom is -0.340 e. The van der Waals surface area contributed by atoms with Crippen molar-refractivity contribution >= 4 is 40.7 Å². The molecule has 1 heterocycles. The summed E-state index contributed by atoms with van der Waals surface area (Å²) < 4.78 is 27.3. The van der Waals surface area contributed by atoms with Crippen molar-refractivity contribution in [3.8, 4) is 0 Å². The van der Waals surface area contributed by atoms with Gasteiger partial charge in [-0.05, 0) is 38.3 Å². The standard InChI is InChI=1S/C19H30N4O3S.2ClH/c1-15-2-6-18(7-3-15)27(25,26)21-8-9-22-10-12-23(13-11-22)19(24)16-4-5-17(20)14-16;;/h2-3,6-7,16-17,21H,4-5,8-14,20H2,1H3;2*1H. The lowest BCUT2D eigenvalue weighted by molar-refractivity contribution is -0.137. The van der Waals surface area contributed by atoms with Crippen LogP contribution in [0.1, 0.15) is 24.8 Å². The predicted molar refractivity (Wildman–Crippen MR) is 119 cm³/mol. The van der Waals surface area contributed by atoms with Crippen molar-refractivity contribution in [1.29, 1.82) is 0 Å². The highest BCUT2D eigenvalue weighted by Gasteiger charge is 2.32. The third-order valence-corrected chi connectivity index (χ3v) is 7.03. The Morgan fingerprint density at radius 3 is 2.28 bits per heavy atom. The van der Waals surface area contributed by atoms with Crippen LogP contribution in [0.4, 0.5) is 0 Å². The lowest BCUT2D eigenvalue weighted by Gasteiger charge is -2.36. The van der Waals surface area contributed by atoms with Crippen LogP contribution in [0.3, 0.4) is 0 Å². The maximum Gasteiger partial charge on any atom is 0.240 e. The van der Waals surface area contributed by atoms with E-state index in [1.54, 1.807) is 24.3 Å². The number of piperazine rings is 1. The third-order valence-electron chi connectivity index (χ3n) is 5.56. The molecule has 1 aliphatic carbocycles. The molecular weight excluding hydrogens is 435 g/mol. The van der Waals surface area contributed by atoms with Gasteiger partial charge in [-0.1, -0.05) is 17.7 Å². The van der Waals surface area contributed by atoms with E-state index in [-0.39, 0.29) is 42.7 Å². The van der Waals surface area contributed by atoms with E-state index < -0.39 is 10.0 Å². The molecule has 2 atom stereocenters. The highest BCUT2D eigenvalue weighted by molar-refractivity contribution is 7.89. The molecule has 1 amide bonds. The molecule has 2 aliphatic rings. The van der Waals surface area contributed by atoms with Gasteiger partial charge in [0, 0.05) is 51.2 Å². The van der Waals surface area contributed by atoms with E-state index in [1.165, 1.54) is 0 Å². The molecular formula is C19H32Cl2N4O3S. The Bertz CT molecular complexity index is 753. The van der Waals surface area contributed by atoms with Gasteiger partial charge in [0.15, 0.2) is 0 Å². The monoisotopic (exact) mass is 466 g/mol. The van der Waals surface area contributed by atoms with E-state index in [1.807, 2.05) is 11.8 Å². The summed E-state index contributed by atoms with van der Waals surface area (Å²) in [5, 5.41) is 0. The Morgan fingerprint density at radius 2 is 1.72 bits per heavy atom. The molecule has 166 valence electrons. The zero-order valence-corrected chi connectivity index (χ0v) is 19.2. The van der Waals surface area contributed by atoms with E-state index in [9.17, 15) is 13.2 Å². The van der Waals surface area contributed by atoms with Gasteiger partial charge in [0.05, 0.1) is 4.90 Å². The van der Waals surface area contributed by atoms with Gasteiger partial charge in [-0.2, -0.15) is 0 Å². The first-order valence-corrected chi connectivity index (χ1v) is 11.2. The first-order valence-electron chi connectivity index (χ1n) is 9.68. The number of nitrogens with one attached hydrogen (secondary N) is 1. The van der Waals surface area contributed by atoms with Crippen LogP contribution in [-0.4, -0.2) is 69.4 Å². The summed E-state index contributed by atoms with van der Waals surface area (Å²) in [5.74, 6) is 0.329. The van der Waals surface area contributed by atoms with Gasteiger partial charge in [0.2, 0.25) is 15.9 Å². The molecule has 3 N–H and O–H groups in total. The average molecular weight is 467 g/mol. The first kappa shape index (κ1) is 26.1. The lowest BCUT2D eigenvalue weighted by atomic mass is 10.1. The second-order valence-electron chi connectivity index (χ2n) is 7.65. The van der Waals surface area contributed by atoms with Crippen LogP contribution < -0.4 is 10.5 Å². The zero-order valence-electron chi connectivity index (χ0n) is 16.7. The quantitative estimate of drug-likeness (QED) is 0.659. The molecule has 1 aromatic carbocycles. The number of amides is 1. The maximum absolute atomic E-state index is 12.5. The molecule has 1 aliphatic heterocycles. The molecule has 1 aromatic rings. The summed E-state index contributed by atoms with van der Waals surface area (Å²) in [6.07, 6.45) is 2.65. The van der Waals surface area contributed by atoms with E-state index in [4.69, 9.17) is 5.73 Å². The van der Waals surface area contributed by atoms with Gasteiger partial charge >= 0.3 is 0 Å². The topological polar surface area (TPSA) is 95.7 Å².